The molecule has 4 nitrogen and oxygen atoms in total. The first-order valence-electron chi connectivity index (χ1n) is 6.17. The number of nitrogens with one attached hydrogen (secondary N) is 1. The van der Waals surface area contributed by atoms with Crippen molar-refractivity contribution in [2.75, 3.05) is 18.5 Å². The van der Waals surface area contributed by atoms with Gasteiger partial charge in [0.15, 0.2) is 0 Å². The lowest BCUT2D eigenvalue weighted by Crippen LogP contribution is -2.32. The number of rotatable bonds is 8. The summed E-state index contributed by atoms with van der Waals surface area (Å²) >= 11 is 0. The van der Waals surface area contributed by atoms with Gasteiger partial charge in [-0.3, -0.25) is 4.79 Å². The van der Waals surface area contributed by atoms with E-state index in [0.29, 0.717) is 12.2 Å². The predicted molar refractivity (Wildman–Crippen MR) is 69.4 cm³/mol. The monoisotopic (exact) mass is 308 g/mol. The Labute approximate surface area is 119 Å². The minimum Gasteiger partial charge on any atom is -0.374 e. The molecule has 0 aliphatic heterocycles. The smallest absolute Gasteiger partial charge is 0.330 e. The van der Waals surface area contributed by atoms with Crippen LogP contribution in [0.15, 0.2) is 24.3 Å². The molecule has 1 aromatic carbocycles. The zero-order valence-corrected chi connectivity index (χ0v) is 11.1. The molecule has 3 N–H and O–H groups in total. The Balaban J connectivity index is 2.31. The Morgan fingerprint density at radius 3 is 2.71 bits per heavy atom. The molecular weight excluding hydrogens is 292 g/mol. The Kier molecular flexibility index (Phi) is 6.57. The van der Waals surface area contributed by atoms with E-state index in [9.17, 15) is 22.4 Å². The van der Waals surface area contributed by atoms with Crippen molar-refractivity contribution in [3.63, 3.8) is 0 Å². The third-order valence-corrected chi connectivity index (χ3v) is 2.53. The number of carbonyl (C=O) groups is 1. The number of benzene rings is 1. The van der Waals surface area contributed by atoms with Crippen molar-refractivity contribution in [2.45, 2.75) is 25.3 Å². The van der Waals surface area contributed by atoms with E-state index in [4.69, 9.17) is 5.73 Å². The number of anilines is 1. The lowest BCUT2D eigenvalue weighted by atomic mass is 10.2. The molecule has 0 fully saturated rings. The van der Waals surface area contributed by atoms with Crippen molar-refractivity contribution in [1.29, 1.82) is 0 Å². The number of nitrogens with two attached hydrogens (primary N) is 1. The number of halogens is 4. The summed E-state index contributed by atoms with van der Waals surface area (Å²) in [5.74, 6) is -4.67. The van der Waals surface area contributed by atoms with E-state index in [0.717, 1.165) is 5.56 Å². The summed E-state index contributed by atoms with van der Waals surface area (Å²) in [6.45, 7) is -1.47. The van der Waals surface area contributed by atoms with Crippen LogP contribution in [0.4, 0.5) is 23.2 Å². The topological polar surface area (TPSA) is 64.3 Å². The summed E-state index contributed by atoms with van der Waals surface area (Å²) < 4.78 is 53.1. The summed E-state index contributed by atoms with van der Waals surface area (Å²) in [5, 5.41) is 2.53. The number of amides is 1. The molecule has 21 heavy (non-hydrogen) atoms. The van der Waals surface area contributed by atoms with Crippen molar-refractivity contribution in [2.24, 2.45) is 5.73 Å². The molecule has 0 aliphatic carbocycles. The van der Waals surface area contributed by atoms with Crippen molar-refractivity contribution < 1.29 is 27.1 Å². The molecular formula is C13H16F4N2O2. The number of alkyl halides is 4. The van der Waals surface area contributed by atoms with E-state index in [1.54, 1.807) is 24.3 Å². The van der Waals surface area contributed by atoms with Gasteiger partial charge in [-0.2, -0.15) is 8.78 Å². The van der Waals surface area contributed by atoms with Crippen LogP contribution in [0.2, 0.25) is 0 Å². The minimum absolute atomic E-state index is 0.216. The maximum atomic E-state index is 12.5. The van der Waals surface area contributed by atoms with Crippen molar-refractivity contribution >= 4 is 11.6 Å². The third-order valence-electron chi connectivity index (χ3n) is 2.53. The van der Waals surface area contributed by atoms with Crippen LogP contribution >= 0.6 is 0 Å². The van der Waals surface area contributed by atoms with Gasteiger partial charge in [0.2, 0.25) is 5.91 Å². The van der Waals surface area contributed by atoms with Crippen LogP contribution in [0.3, 0.4) is 0 Å². The fourth-order valence-corrected chi connectivity index (χ4v) is 1.44. The SMILES string of the molecule is NCc1cccc(NC(=O)CCOCC(F)(F)C(F)F)c1. The molecule has 118 valence electrons. The third kappa shape index (κ3) is 6.09. The lowest BCUT2D eigenvalue weighted by Gasteiger charge is -2.15. The normalized spacial score (nSPS) is 11.7. The van der Waals surface area contributed by atoms with E-state index in [1.807, 2.05) is 0 Å². The molecule has 0 bridgehead atoms. The predicted octanol–water partition coefficient (Wildman–Crippen LogP) is 2.39. The average Bonchev–Trinajstić information content (AvgIpc) is 2.43. The highest BCUT2D eigenvalue weighted by Crippen LogP contribution is 2.22. The summed E-state index contributed by atoms with van der Waals surface area (Å²) in [4.78, 5) is 11.5. The highest BCUT2D eigenvalue weighted by atomic mass is 19.3. The highest BCUT2D eigenvalue weighted by molar-refractivity contribution is 5.90. The first-order valence-corrected chi connectivity index (χ1v) is 6.17. The zero-order chi connectivity index (χ0) is 15.9. The number of hydrogen-bond donors (Lipinski definition) is 2. The summed E-state index contributed by atoms with van der Waals surface area (Å²) in [6, 6.07) is 6.80. The van der Waals surface area contributed by atoms with Gasteiger partial charge in [0.25, 0.3) is 0 Å². The maximum Gasteiger partial charge on any atom is 0.330 e. The molecule has 0 saturated carbocycles. The largest absolute Gasteiger partial charge is 0.374 e. The molecule has 0 spiro atoms. The molecule has 0 aliphatic rings. The number of hydrogen-bond acceptors (Lipinski definition) is 3. The van der Waals surface area contributed by atoms with E-state index in [1.165, 1.54) is 0 Å². The number of carbonyl (C=O) groups excluding carboxylic acids is 1. The zero-order valence-electron chi connectivity index (χ0n) is 11.1. The molecule has 1 aromatic rings. The quantitative estimate of drug-likeness (QED) is 0.572. The standard InChI is InChI=1S/C13H16F4N2O2/c14-12(15)13(16,17)8-21-5-4-11(20)19-10-3-1-2-9(6-10)7-18/h1-3,6,12H,4-5,7-8,18H2,(H,19,20). The molecule has 0 heterocycles. The van der Waals surface area contributed by atoms with Gasteiger partial charge in [0.1, 0.15) is 6.61 Å². The van der Waals surface area contributed by atoms with Gasteiger partial charge in [-0.15, -0.1) is 0 Å². The van der Waals surface area contributed by atoms with Gasteiger partial charge in [-0.1, -0.05) is 12.1 Å². The van der Waals surface area contributed by atoms with Gasteiger partial charge >= 0.3 is 12.3 Å². The van der Waals surface area contributed by atoms with E-state index in [2.05, 4.69) is 10.1 Å². The fourth-order valence-electron chi connectivity index (χ4n) is 1.44. The van der Waals surface area contributed by atoms with E-state index in [-0.39, 0.29) is 13.0 Å². The second-order valence-corrected chi connectivity index (χ2v) is 4.32. The molecule has 0 unspecified atom stereocenters. The molecule has 0 atom stereocenters. The lowest BCUT2D eigenvalue weighted by molar-refractivity contribution is -0.166. The second kappa shape index (κ2) is 7.94. The van der Waals surface area contributed by atoms with Gasteiger partial charge in [-0.05, 0) is 17.7 Å². The van der Waals surface area contributed by atoms with Gasteiger partial charge < -0.3 is 15.8 Å². The Morgan fingerprint density at radius 1 is 1.38 bits per heavy atom. The first kappa shape index (κ1) is 17.4. The van der Waals surface area contributed by atoms with Crippen LogP contribution < -0.4 is 11.1 Å². The van der Waals surface area contributed by atoms with Gasteiger partial charge in [-0.25, -0.2) is 8.78 Å². The molecule has 1 rings (SSSR count). The fraction of sp³-hybridized carbons (Fsp3) is 0.462. The second-order valence-electron chi connectivity index (χ2n) is 4.32. The molecule has 8 heteroatoms. The average molecular weight is 308 g/mol. The van der Waals surface area contributed by atoms with Gasteiger partial charge in [0.05, 0.1) is 13.0 Å². The Bertz CT molecular complexity index is 469. The highest BCUT2D eigenvalue weighted by Gasteiger charge is 2.40. The van der Waals surface area contributed by atoms with E-state index < -0.39 is 24.9 Å². The number of ether oxygens (including phenoxy) is 1. The van der Waals surface area contributed by atoms with Gasteiger partial charge in [0, 0.05) is 12.2 Å². The molecule has 1 amide bonds. The molecule has 0 saturated heterocycles. The van der Waals surface area contributed by atoms with E-state index >= 15 is 0 Å². The molecule has 0 aromatic heterocycles. The minimum atomic E-state index is -4.20. The van der Waals surface area contributed by atoms with Crippen molar-refractivity contribution in [3.8, 4) is 0 Å². The van der Waals surface area contributed by atoms with Crippen molar-refractivity contribution in [1.82, 2.24) is 0 Å². The Morgan fingerprint density at radius 2 is 2.10 bits per heavy atom. The summed E-state index contributed by atoms with van der Waals surface area (Å²) in [6.07, 6.45) is -4.00. The van der Waals surface area contributed by atoms with Crippen LogP contribution in [0.25, 0.3) is 0 Å². The van der Waals surface area contributed by atoms with Crippen LogP contribution in [-0.2, 0) is 16.1 Å². The summed E-state index contributed by atoms with van der Waals surface area (Å²) in [7, 11) is 0. The van der Waals surface area contributed by atoms with Crippen LogP contribution in [0.1, 0.15) is 12.0 Å². The van der Waals surface area contributed by atoms with Crippen LogP contribution in [-0.4, -0.2) is 31.5 Å². The van der Waals surface area contributed by atoms with Crippen molar-refractivity contribution in [3.05, 3.63) is 29.8 Å². The van der Waals surface area contributed by atoms with Crippen LogP contribution in [0.5, 0.6) is 0 Å². The Hall–Kier alpha value is -1.67. The maximum absolute atomic E-state index is 12.5. The molecule has 0 radical (unpaired) electrons. The summed E-state index contributed by atoms with van der Waals surface area (Å²) in [5.41, 5.74) is 6.78. The van der Waals surface area contributed by atoms with Crippen LogP contribution in [0, 0.1) is 0 Å². The first-order chi connectivity index (χ1) is 9.85.